The van der Waals surface area contributed by atoms with Crippen LogP contribution in [0.2, 0.25) is 0 Å². The number of likely N-dealkylation sites (tertiary alicyclic amines) is 1. The number of oxime groups is 1. The first-order chi connectivity index (χ1) is 5.74. The van der Waals surface area contributed by atoms with E-state index in [0.717, 1.165) is 31.6 Å². The molecule has 1 rings (SSSR count). The number of nitrogens with one attached hydrogen (secondary N) is 1. The molecule has 0 aromatic carbocycles. The fraction of sp³-hybridized carbons (Fsp3) is 0.714. The van der Waals surface area contributed by atoms with Gasteiger partial charge in [-0.3, -0.25) is 5.41 Å². The van der Waals surface area contributed by atoms with Crippen LogP contribution >= 0.6 is 0 Å². The van der Waals surface area contributed by atoms with E-state index in [1.165, 1.54) is 0 Å². The predicted molar refractivity (Wildman–Crippen MR) is 47.2 cm³/mol. The maximum absolute atomic E-state index is 7.19. The number of guanidine groups is 1. The smallest absolute Gasteiger partial charge is 0.188 e. The van der Waals surface area contributed by atoms with Gasteiger partial charge in [0.25, 0.3) is 0 Å². The Morgan fingerprint density at radius 1 is 1.58 bits per heavy atom. The molecule has 3 N–H and O–H groups in total. The van der Waals surface area contributed by atoms with Crippen molar-refractivity contribution in [2.45, 2.75) is 12.8 Å². The topological polar surface area (TPSA) is 74.7 Å². The zero-order valence-electron chi connectivity index (χ0n) is 7.21. The third kappa shape index (κ3) is 2.11. The molecule has 0 amide bonds. The van der Waals surface area contributed by atoms with Crippen molar-refractivity contribution in [3.05, 3.63) is 0 Å². The lowest BCUT2D eigenvalue weighted by atomic mass is 10.1. The van der Waals surface area contributed by atoms with E-state index in [0.29, 0.717) is 0 Å². The summed E-state index contributed by atoms with van der Waals surface area (Å²) < 4.78 is 0. The second-order valence-electron chi connectivity index (χ2n) is 2.71. The number of rotatable bonds is 1. The summed E-state index contributed by atoms with van der Waals surface area (Å²) in [5.41, 5.74) is 6.38. The van der Waals surface area contributed by atoms with E-state index in [2.05, 4.69) is 9.99 Å². The molecule has 12 heavy (non-hydrogen) atoms. The molecule has 5 nitrogen and oxygen atoms in total. The molecule has 0 aliphatic carbocycles. The van der Waals surface area contributed by atoms with Crippen LogP contribution in [0, 0.1) is 5.41 Å². The zero-order chi connectivity index (χ0) is 8.97. The number of hydrogen-bond acceptors (Lipinski definition) is 3. The molecular formula is C7H14N4O. The molecule has 0 radical (unpaired) electrons. The average Bonchev–Trinajstić information content (AvgIpc) is 2.06. The molecular weight excluding hydrogens is 156 g/mol. The Morgan fingerprint density at radius 2 is 2.17 bits per heavy atom. The van der Waals surface area contributed by atoms with E-state index in [-0.39, 0.29) is 5.96 Å². The van der Waals surface area contributed by atoms with Crippen molar-refractivity contribution in [3.63, 3.8) is 0 Å². The van der Waals surface area contributed by atoms with Crippen LogP contribution in [0.4, 0.5) is 0 Å². The van der Waals surface area contributed by atoms with Crippen LogP contribution in [0.5, 0.6) is 0 Å². The van der Waals surface area contributed by atoms with Gasteiger partial charge in [0.1, 0.15) is 7.11 Å². The molecule has 0 aromatic rings. The van der Waals surface area contributed by atoms with Crippen molar-refractivity contribution in [2.75, 3.05) is 20.2 Å². The number of hydrogen-bond donors (Lipinski definition) is 2. The highest BCUT2D eigenvalue weighted by Gasteiger charge is 2.15. The Kier molecular flexibility index (Phi) is 2.90. The minimum atomic E-state index is 0.145. The molecule has 1 aliphatic heterocycles. The Balaban J connectivity index is 2.39. The minimum Gasteiger partial charge on any atom is -0.399 e. The Morgan fingerprint density at radius 3 is 2.58 bits per heavy atom. The lowest BCUT2D eigenvalue weighted by Crippen LogP contribution is -2.42. The third-order valence-electron chi connectivity index (χ3n) is 1.90. The zero-order valence-corrected chi connectivity index (χ0v) is 7.21. The van der Waals surface area contributed by atoms with Crippen molar-refractivity contribution in [1.82, 2.24) is 4.90 Å². The van der Waals surface area contributed by atoms with Crippen molar-refractivity contribution in [1.29, 1.82) is 5.41 Å². The van der Waals surface area contributed by atoms with Gasteiger partial charge in [0, 0.05) is 25.9 Å². The van der Waals surface area contributed by atoms with Gasteiger partial charge in [0.05, 0.1) is 5.71 Å². The Hall–Kier alpha value is -1.26. The normalized spacial score (nSPS) is 17.4. The first-order valence-electron chi connectivity index (χ1n) is 3.92. The third-order valence-corrected chi connectivity index (χ3v) is 1.90. The van der Waals surface area contributed by atoms with E-state index in [4.69, 9.17) is 11.1 Å². The van der Waals surface area contributed by atoms with Gasteiger partial charge in [-0.25, -0.2) is 0 Å². The SMILES string of the molecule is CON=C1CCN(C(=N)N)CC1. The molecule has 0 bridgehead atoms. The summed E-state index contributed by atoms with van der Waals surface area (Å²) >= 11 is 0. The van der Waals surface area contributed by atoms with Crippen LogP contribution in [-0.4, -0.2) is 36.8 Å². The lowest BCUT2D eigenvalue weighted by Gasteiger charge is -2.27. The highest BCUT2D eigenvalue weighted by atomic mass is 16.6. The van der Waals surface area contributed by atoms with Gasteiger partial charge in [-0.05, 0) is 0 Å². The van der Waals surface area contributed by atoms with E-state index >= 15 is 0 Å². The van der Waals surface area contributed by atoms with Crippen LogP contribution in [0.25, 0.3) is 0 Å². The van der Waals surface area contributed by atoms with Gasteiger partial charge in [0.2, 0.25) is 0 Å². The van der Waals surface area contributed by atoms with Crippen molar-refractivity contribution < 1.29 is 4.84 Å². The van der Waals surface area contributed by atoms with E-state index in [1.54, 1.807) is 7.11 Å². The van der Waals surface area contributed by atoms with Gasteiger partial charge in [-0.15, -0.1) is 0 Å². The molecule has 1 aliphatic rings. The summed E-state index contributed by atoms with van der Waals surface area (Å²) in [7, 11) is 1.55. The van der Waals surface area contributed by atoms with Crippen LogP contribution in [0.15, 0.2) is 5.16 Å². The Labute approximate surface area is 71.7 Å². The van der Waals surface area contributed by atoms with Crippen LogP contribution in [0.1, 0.15) is 12.8 Å². The maximum Gasteiger partial charge on any atom is 0.188 e. The molecule has 68 valence electrons. The molecule has 0 aromatic heterocycles. The second kappa shape index (κ2) is 3.94. The summed E-state index contributed by atoms with van der Waals surface area (Å²) in [4.78, 5) is 6.49. The van der Waals surface area contributed by atoms with Crippen LogP contribution in [-0.2, 0) is 4.84 Å². The van der Waals surface area contributed by atoms with Gasteiger partial charge < -0.3 is 15.5 Å². The largest absolute Gasteiger partial charge is 0.399 e. The Bertz CT molecular complexity index is 192. The standard InChI is InChI=1S/C7H14N4O/c1-12-10-6-2-4-11(5-3-6)7(8)9/h2-5H2,1H3,(H3,8,9). The summed E-state index contributed by atoms with van der Waals surface area (Å²) in [5, 5.41) is 11.0. The minimum absolute atomic E-state index is 0.145. The van der Waals surface area contributed by atoms with Gasteiger partial charge in [-0.2, -0.15) is 0 Å². The average molecular weight is 170 g/mol. The maximum atomic E-state index is 7.19. The van der Waals surface area contributed by atoms with Crippen molar-refractivity contribution >= 4 is 11.7 Å². The van der Waals surface area contributed by atoms with Crippen molar-refractivity contribution in [3.8, 4) is 0 Å². The number of piperidine rings is 1. The highest BCUT2D eigenvalue weighted by Crippen LogP contribution is 2.06. The summed E-state index contributed by atoms with van der Waals surface area (Å²) in [6.07, 6.45) is 1.68. The molecule has 0 unspecified atom stereocenters. The van der Waals surface area contributed by atoms with E-state index < -0.39 is 0 Å². The summed E-state index contributed by atoms with van der Waals surface area (Å²) in [6, 6.07) is 0. The van der Waals surface area contributed by atoms with Gasteiger partial charge in [0.15, 0.2) is 5.96 Å². The quantitative estimate of drug-likeness (QED) is 0.330. The summed E-state index contributed by atoms with van der Waals surface area (Å²) in [6.45, 7) is 1.55. The van der Waals surface area contributed by atoms with Gasteiger partial charge in [-0.1, -0.05) is 5.16 Å². The molecule has 1 heterocycles. The van der Waals surface area contributed by atoms with E-state index in [1.807, 2.05) is 4.90 Å². The molecule has 0 saturated carbocycles. The van der Waals surface area contributed by atoms with Crippen molar-refractivity contribution in [2.24, 2.45) is 10.9 Å². The number of nitrogens with two attached hydrogens (primary N) is 1. The first-order valence-corrected chi connectivity index (χ1v) is 3.92. The fourth-order valence-corrected chi connectivity index (χ4v) is 1.23. The molecule has 1 fully saturated rings. The monoisotopic (exact) mass is 170 g/mol. The van der Waals surface area contributed by atoms with Crippen LogP contribution < -0.4 is 5.73 Å². The molecule has 1 saturated heterocycles. The second-order valence-corrected chi connectivity index (χ2v) is 2.71. The molecule has 0 spiro atoms. The fourth-order valence-electron chi connectivity index (χ4n) is 1.23. The molecule has 0 atom stereocenters. The first kappa shape index (κ1) is 8.83. The predicted octanol–water partition coefficient (Wildman–Crippen LogP) is -0.0219. The molecule has 5 heteroatoms. The lowest BCUT2D eigenvalue weighted by molar-refractivity contribution is 0.209. The highest BCUT2D eigenvalue weighted by molar-refractivity contribution is 5.87. The van der Waals surface area contributed by atoms with Gasteiger partial charge >= 0.3 is 0 Å². The van der Waals surface area contributed by atoms with E-state index in [9.17, 15) is 0 Å². The number of nitrogens with zero attached hydrogens (tertiary/aromatic N) is 2. The summed E-state index contributed by atoms with van der Waals surface area (Å²) in [5.74, 6) is 0.145. The van der Waals surface area contributed by atoms with Crippen LogP contribution in [0.3, 0.4) is 0 Å².